The van der Waals surface area contributed by atoms with E-state index in [9.17, 15) is 9.90 Å². The maximum atomic E-state index is 12.2. The first-order chi connectivity index (χ1) is 9.61. The third-order valence-corrected chi connectivity index (χ3v) is 2.89. The second-order valence-corrected chi connectivity index (χ2v) is 4.70. The molecule has 0 amide bonds. The van der Waals surface area contributed by atoms with Gasteiger partial charge in [0.05, 0.1) is 24.8 Å². The molecule has 7 nitrogen and oxygen atoms in total. The highest BCUT2D eigenvalue weighted by atomic mass is 16.5. The molecule has 0 aliphatic rings. The lowest BCUT2D eigenvalue weighted by Gasteiger charge is -2.20. The summed E-state index contributed by atoms with van der Waals surface area (Å²) in [5.41, 5.74) is 0.388. The third kappa shape index (κ3) is 3.38. The average molecular weight is 278 g/mol. The Labute approximate surface area is 116 Å². The zero-order valence-electron chi connectivity index (χ0n) is 11.6. The van der Waals surface area contributed by atoms with E-state index in [1.165, 1.54) is 11.8 Å². The summed E-state index contributed by atoms with van der Waals surface area (Å²) >= 11 is 0. The summed E-state index contributed by atoms with van der Waals surface area (Å²) in [6.45, 7) is 0.898. The monoisotopic (exact) mass is 278 g/mol. The summed E-state index contributed by atoms with van der Waals surface area (Å²) < 4.78 is 6.14. The number of hydrogen-bond acceptors (Lipinski definition) is 6. The maximum absolute atomic E-state index is 12.2. The van der Waals surface area contributed by atoms with Crippen molar-refractivity contribution in [2.24, 2.45) is 0 Å². The second kappa shape index (κ2) is 6.56. The molecule has 7 heteroatoms. The largest absolute Gasteiger partial charge is 0.389 e. The van der Waals surface area contributed by atoms with Crippen LogP contribution in [0.25, 0.3) is 10.9 Å². The molecule has 1 aromatic carbocycles. The minimum atomic E-state index is -0.603. The molecule has 2 rings (SSSR count). The molecule has 108 valence electrons. The van der Waals surface area contributed by atoms with Crippen LogP contribution in [0.1, 0.15) is 0 Å². The Bertz CT molecular complexity index is 628. The summed E-state index contributed by atoms with van der Waals surface area (Å²) in [5, 5.41) is 18.1. The molecule has 0 saturated carbocycles. The predicted octanol–water partition coefficient (Wildman–Crippen LogP) is -0.312. The molecule has 0 saturated heterocycles. The van der Waals surface area contributed by atoms with Gasteiger partial charge in [0, 0.05) is 13.7 Å². The van der Waals surface area contributed by atoms with Crippen LogP contribution in [0.4, 0.5) is 0 Å². The van der Waals surface area contributed by atoms with Crippen molar-refractivity contribution in [2.45, 2.75) is 12.8 Å². The molecule has 1 heterocycles. The van der Waals surface area contributed by atoms with Gasteiger partial charge in [-0.1, -0.05) is 17.3 Å². The van der Waals surface area contributed by atoms with Gasteiger partial charge >= 0.3 is 0 Å². The minimum Gasteiger partial charge on any atom is -0.389 e. The van der Waals surface area contributed by atoms with Crippen molar-refractivity contribution in [2.75, 3.05) is 27.3 Å². The molecule has 0 spiro atoms. The highest BCUT2D eigenvalue weighted by Gasteiger charge is 2.11. The number of likely N-dealkylation sites (N-methyl/N-ethyl adjacent to an activating group) is 1. The van der Waals surface area contributed by atoms with E-state index in [2.05, 4.69) is 10.3 Å². The summed E-state index contributed by atoms with van der Waals surface area (Å²) in [4.78, 5) is 14.0. The van der Waals surface area contributed by atoms with Gasteiger partial charge in [-0.25, -0.2) is 0 Å². The van der Waals surface area contributed by atoms with Crippen LogP contribution in [-0.4, -0.2) is 58.4 Å². The Hall–Kier alpha value is -1.83. The highest BCUT2D eigenvalue weighted by Crippen LogP contribution is 2.03. The van der Waals surface area contributed by atoms with Crippen molar-refractivity contribution >= 4 is 10.9 Å². The number of aromatic nitrogens is 3. The van der Waals surface area contributed by atoms with Crippen LogP contribution in [0.2, 0.25) is 0 Å². The van der Waals surface area contributed by atoms with Crippen LogP contribution in [0, 0.1) is 0 Å². The fraction of sp³-hybridized carbons (Fsp3) is 0.462. The molecule has 20 heavy (non-hydrogen) atoms. The number of aliphatic hydroxyl groups excluding tert-OH is 1. The number of fused-ring (bicyclic) bond motifs is 1. The van der Waals surface area contributed by atoms with E-state index in [1.54, 1.807) is 30.1 Å². The highest BCUT2D eigenvalue weighted by molar-refractivity contribution is 5.76. The van der Waals surface area contributed by atoms with Crippen molar-refractivity contribution in [3.05, 3.63) is 34.6 Å². The minimum absolute atomic E-state index is 0.191. The fourth-order valence-corrected chi connectivity index (χ4v) is 2.01. The number of benzene rings is 1. The number of nitrogens with zero attached hydrogens (tertiary/aromatic N) is 4. The lowest BCUT2D eigenvalue weighted by molar-refractivity contribution is 0.0357. The molecule has 1 N–H and O–H groups in total. The van der Waals surface area contributed by atoms with E-state index >= 15 is 0 Å². The topological polar surface area (TPSA) is 80.5 Å². The lowest BCUT2D eigenvalue weighted by atomic mass is 10.2. The summed E-state index contributed by atoms with van der Waals surface area (Å²) in [6, 6.07) is 7.08. The summed E-state index contributed by atoms with van der Waals surface area (Å²) in [7, 11) is 3.32. The predicted molar refractivity (Wildman–Crippen MR) is 74.3 cm³/mol. The zero-order valence-corrected chi connectivity index (χ0v) is 11.6. The van der Waals surface area contributed by atoms with E-state index < -0.39 is 6.10 Å². The molecule has 1 unspecified atom stereocenters. The second-order valence-electron chi connectivity index (χ2n) is 4.70. The molecular formula is C13H18N4O3. The Morgan fingerprint density at radius 1 is 1.45 bits per heavy atom. The Morgan fingerprint density at radius 2 is 2.20 bits per heavy atom. The van der Waals surface area contributed by atoms with Crippen LogP contribution in [0.3, 0.4) is 0 Å². The van der Waals surface area contributed by atoms with Crippen molar-refractivity contribution in [3.63, 3.8) is 0 Å². The van der Waals surface area contributed by atoms with Crippen molar-refractivity contribution in [1.29, 1.82) is 0 Å². The SMILES string of the molecule is COCC(O)CN(C)Cn1nnc2ccccc2c1=O. The first kappa shape index (κ1) is 14.6. The van der Waals surface area contributed by atoms with E-state index in [-0.39, 0.29) is 18.8 Å². The molecule has 0 bridgehead atoms. The number of hydrogen-bond donors (Lipinski definition) is 1. The van der Waals surface area contributed by atoms with Gasteiger partial charge in [0.1, 0.15) is 5.52 Å². The van der Waals surface area contributed by atoms with Crippen LogP contribution < -0.4 is 5.56 Å². The van der Waals surface area contributed by atoms with Gasteiger partial charge in [-0.05, 0) is 19.2 Å². The van der Waals surface area contributed by atoms with Gasteiger partial charge in [0.25, 0.3) is 5.56 Å². The number of ether oxygens (including phenoxy) is 1. The molecule has 0 radical (unpaired) electrons. The van der Waals surface area contributed by atoms with Gasteiger partial charge in [-0.2, -0.15) is 4.68 Å². The maximum Gasteiger partial charge on any atom is 0.278 e. The Balaban J connectivity index is 2.14. The van der Waals surface area contributed by atoms with Crippen LogP contribution in [-0.2, 0) is 11.4 Å². The molecule has 2 aromatic rings. The molecule has 0 fully saturated rings. The number of methoxy groups -OCH3 is 1. The first-order valence-electron chi connectivity index (χ1n) is 6.30. The first-order valence-corrected chi connectivity index (χ1v) is 6.30. The molecule has 0 aliphatic heterocycles. The van der Waals surface area contributed by atoms with E-state index in [0.29, 0.717) is 17.4 Å². The molecule has 0 aliphatic carbocycles. The van der Waals surface area contributed by atoms with Gasteiger partial charge in [0.2, 0.25) is 0 Å². The van der Waals surface area contributed by atoms with E-state index in [4.69, 9.17) is 4.74 Å². The van der Waals surface area contributed by atoms with Crippen molar-refractivity contribution in [3.8, 4) is 0 Å². The molecular weight excluding hydrogens is 260 g/mol. The van der Waals surface area contributed by atoms with Crippen LogP contribution in [0.15, 0.2) is 29.1 Å². The van der Waals surface area contributed by atoms with E-state index in [1.807, 2.05) is 6.07 Å². The van der Waals surface area contributed by atoms with Gasteiger partial charge in [-0.15, -0.1) is 5.10 Å². The lowest BCUT2D eigenvalue weighted by Crippen LogP contribution is -2.37. The number of rotatable bonds is 6. The van der Waals surface area contributed by atoms with Crippen LogP contribution >= 0.6 is 0 Å². The average Bonchev–Trinajstić information content (AvgIpc) is 2.42. The van der Waals surface area contributed by atoms with Gasteiger partial charge < -0.3 is 9.84 Å². The molecule has 1 atom stereocenters. The molecule has 1 aromatic heterocycles. The third-order valence-electron chi connectivity index (χ3n) is 2.89. The van der Waals surface area contributed by atoms with Crippen molar-refractivity contribution in [1.82, 2.24) is 19.9 Å². The van der Waals surface area contributed by atoms with Gasteiger partial charge in [0.15, 0.2) is 0 Å². The number of aliphatic hydroxyl groups is 1. The zero-order chi connectivity index (χ0) is 14.5. The summed E-state index contributed by atoms with van der Waals surface area (Å²) in [5.74, 6) is 0. The van der Waals surface area contributed by atoms with Gasteiger partial charge in [-0.3, -0.25) is 9.69 Å². The van der Waals surface area contributed by atoms with E-state index in [0.717, 1.165) is 0 Å². The standard InChI is InChI=1S/C13H18N4O3/c1-16(7-10(18)8-20-2)9-17-13(19)11-5-3-4-6-12(11)14-15-17/h3-6,10,18H,7-9H2,1-2H3. The van der Waals surface area contributed by atoms with Crippen molar-refractivity contribution < 1.29 is 9.84 Å². The summed E-state index contributed by atoms with van der Waals surface area (Å²) in [6.07, 6.45) is -0.603. The Kier molecular flexibility index (Phi) is 4.78. The quantitative estimate of drug-likeness (QED) is 0.780. The van der Waals surface area contributed by atoms with Crippen LogP contribution in [0.5, 0.6) is 0 Å². The Morgan fingerprint density at radius 3 is 2.95 bits per heavy atom. The fourth-order valence-electron chi connectivity index (χ4n) is 2.01. The normalized spacial score (nSPS) is 13.0. The smallest absolute Gasteiger partial charge is 0.278 e.